The first-order valence-corrected chi connectivity index (χ1v) is 5.38. The first-order chi connectivity index (χ1) is 7.47. The highest BCUT2D eigenvalue weighted by molar-refractivity contribution is 5.30. The van der Waals surface area contributed by atoms with Gasteiger partial charge in [-0.25, -0.2) is 9.48 Å². The van der Waals surface area contributed by atoms with Crippen LogP contribution in [0.1, 0.15) is 26.7 Å². The lowest BCUT2D eigenvalue weighted by molar-refractivity contribution is 0.594. The zero-order valence-electron chi connectivity index (χ0n) is 10.1. The van der Waals surface area contributed by atoms with E-state index in [1.165, 1.54) is 14.1 Å². The number of rotatable bonds is 4. The number of hydrogen-bond donors (Lipinski definition) is 1. The summed E-state index contributed by atoms with van der Waals surface area (Å²) in [4.78, 5) is 23.1. The molecule has 0 aliphatic carbocycles. The minimum absolute atomic E-state index is 0.169. The molecule has 0 radical (unpaired) electrons. The van der Waals surface area contributed by atoms with Crippen molar-refractivity contribution in [2.45, 2.75) is 32.7 Å². The van der Waals surface area contributed by atoms with E-state index in [0.717, 1.165) is 22.1 Å². The predicted molar refractivity (Wildman–Crippen MR) is 62.7 cm³/mol. The lowest BCUT2D eigenvalue weighted by Gasteiger charge is -2.13. The first kappa shape index (κ1) is 12.5. The van der Waals surface area contributed by atoms with Gasteiger partial charge in [0.25, 0.3) is 5.56 Å². The fourth-order valence-corrected chi connectivity index (χ4v) is 1.53. The van der Waals surface area contributed by atoms with Gasteiger partial charge >= 0.3 is 5.69 Å². The first-order valence-electron chi connectivity index (χ1n) is 5.38. The Kier molecular flexibility index (Phi) is 3.87. The van der Waals surface area contributed by atoms with Crippen molar-refractivity contribution in [2.24, 2.45) is 14.1 Å². The second kappa shape index (κ2) is 4.96. The van der Waals surface area contributed by atoms with E-state index in [-0.39, 0.29) is 17.4 Å². The summed E-state index contributed by atoms with van der Waals surface area (Å²) in [6.45, 7) is 4.06. The molecular weight excluding hydrogens is 208 g/mol. The SMILES string of the molecule is CCCC(C)Nc1nn(C)c(=O)n(C)c1=O. The number of nitrogens with zero attached hydrogens (tertiary/aromatic N) is 3. The van der Waals surface area contributed by atoms with Crippen LogP contribution in [-0.4, -0.2) is 20.4 Å². The molecule has 1 atom stereocenters. The monoisotopic (exact) mass is 226 g/mol. The smallest absolute Gasteiger partial charge is 0.346 e. The highest BCUT2D eigenvalue weighted by atomic mass is 16.2. The van der Waals surface area contributed by atoms with Crippen LogP contribution in [0.2, 0.25) is 0 Å². The van der Waals surface area contributed by atoms with Crippen LogP contribution in [0.15, 0.2) is 9.59 Å². The van der Waals surface area contributed by atoms with E-state index in [1.54, 1.807) is 0 Å². The molecule has 0 spiro atoms. The van der Waals surface area contributed by atoms with Gasteiger partial charge in [0, 0.05) is 20.1 Å². The summed E-state index contributed by atoms with van der Waals surface area (Å²) >= 11 is 0. The van der Waals surface area contributed by atoms with Crippen molar-refractivity contribution in [3.8, 4) is 0 Å². The molecule has 1 aromatic rings. The molecule has 16 heavy (non-hydrogen) atoms. The van der Waals surface area contributed by atoms with Crippen molar-refractivity contribution in [2.75, 3.05) is 5.32 Å². The Bertz CT molecular complexity index is 475. The lowest BCUT2D eigenvalue weighted by Crippen LogP contribution is -2.40. The van der Waals surface area contributed by atoms with Crippen molar-refractivity contribution < 1.29 is 0 Å². The standard InChI is InChI=1S/C10H18N4O2/c1-5-6-7(2)11-8-9(15)13(3)10(16)14(4)12-8/h7H,5-6H2,1-4H3,(H,11,12). The molecule has 1 rings (SSSR count). The van der Waals surface area contributed by atoms with Crippen LogP contribution in [0.5, 0.6) is 0 Å². The molecule has 0 fully saturated rings. The molecule has 1 aromatic heterocycles. The molecule has 1 heterocycles. The van der Waals surface area contributed by atoms with E-state index in [4.69, 9.17) is 0 Å². The van der Waals surface area contributed by atoms with Gasteiger partial charge in [-0.2, -0.15) is 0 Å². The van der Waals surface area contributed by atoms with Crippen molar-refractivity contribution in [1.29, 1.82) is 0 Å². The summed E-state index contributed by atoms with van der Waals surface area (Å²) in [6.07, 6.45) is 1.98. The summed E-state index contributed by atoms with van der Waals surface area (Å²) in [5.41, 5.74) is -0.801. The Morgan fingerprint density at radius 3 is 2.56 bits per heavy atom. The highest BCUT2D eigenvalue weighted by Gasteiger charge is 2.10. The maximum atomic E-state index is 11.7. The van der Waals surface area contributed by atoms with Gasteiger partial charge in [-0.3, -0.25) is 9.36 Å². The third-order valence-corrected chi connectivity index (χ3v) is 2.43. The van der Waals surface area contributed by atoms with Gasteiger partial charge in [-0.05, 0) is 13.3 Å². The van der Waals surface area contributed by atoms with E-state index in [9.17, 15) is 9.59 Å². The summed E-state index contributed by atoms with van der Waals surface area (Å²) in [5.74, 6) is 0.227. The topological polar surface area (TPSA) is 68.9 Å². The van der Waals surface area contributed by atoms with Crippen LogP contribution in [0.4, 0.5) is 5.82 Å². The molecule has 1 N–H and O–H groups in total. The highest BCUT2D eigenvalue weighted by Crippen LogP contribution is 2.01. The molecule has 0 saturated carbocycles. The molecule has 90 valence electrons. The Balaban J connectivity index is 3.07. The van der Waals surface area contributed by atoms with E-state index in [0.29, 0.717) is 0 Å². The molecule has 0 saturated heterocycles. The zero-order valence-corrected chi connectivity index (χ0v) is 10.1. The van der Waals surface area contributed by atoms with Gasteiger partial charge in [-0.1, -0.05) is 13.3 Å². The van der Waals surface area contributed by atoms with Crippen LogP contribution in [0.3, 0.4) is 0 Å². The summed E-state index contributed by atoms with van der Waals surface area (Å²) in [7, 11) is 2.97. The van der Waals surface area contributed by atoms with E-state index in [2.05, 4.69) is 17.3 Å². The maximum Gasteiger partial charge on any atom is 0.346 e. The quantitative estimate of drug-likeness (QED) is 0.789. The fraction of sp³-hybridized carbons (Fsp3) is 0.700. The number of anilines is 1. The minimum atomic E-state index is -0.418. The van der Waals surface area contributed by atoms with E-state index in [1.807, 2.05) is 6.92 Å². The molecular formula is C10H18N4O2. The largest absolute Gasteiger partial charge is 0.362 e. The lowest BCUT2D eigenvalue weighted by atomic mass is 10.2. The molecule has 0 aromatic carbocycles. The molecule has 0 aliphatic heterocycles. The van der Waals surface area contributed by atoms with Crippen LogP contribution in [0, 0.1) is 0 Å². The Labute approximate surface area is 93.9 Å². The second-order valence-electron chi connectivity index (χ2n) is 3.95. The third-order valence-electron chi connectivity index (χ3n) is 2.43. The van der Waals surface area contributed by atoms with Crippen molar-refractivity contribution >= 4 is 5.82 Å². The molecule has 0 bridgehead atoms. The van der Waals surface area contributed by atoms with Gasteiger partial charge in [0.05, 0.1) is 0 Å². The summed E-state index contributed by atoms with van der Waals surface area (Å²) < 4.78 is 2.20. The summed E-state index contributed by atoms with van der Waals surface area (Å²) in [5, 5.41) is 6.93. The molecule has 1 unspecified atom stereocenters. The van der Waals surface area contributed by atoms with E-state index >= 15 is 0 Å². The van der Waals surface area contributed by atoms with Gasteiger partial charge in [-0.15, -0.1) is 5.10 Å². The van der Waals surface area contributed by atoms with Crippen LogP contribution < -0.4 is 16.6 Å². The van der Waals surface area contributed by atoms with E-state index < -0.39 is 5.69 Å². The molecule has 6 heteroatoms. The number of aromatic nitrogens is 3. The Hall–Kier alpha value is -1.59. The van der Waals surface area contributed by atoms with Gasteiger partial charge < -0.3 is 5.32 Å². The van der Waals surface area contributed by atoms with Crippen LogP contribution >= 0.6 is 0 Å². The van der Waals surface area contributed by atoms with Gasteiger partial charge in [0.15, 0.2) is 0 Å². The Morgan fingerprint density at radius 1 is 1.38 bits per heavy atom. The average Bonchev–Trinajstić information content (AvgIpc) is 2.23. The molecule has 0 aliphatic rings. The predicted octanol–water partition coefficient (Wildman–Crippen LogP) is 0.0795. The average molecular weight is 226 g/mol. The Morgan fingerprint density at radius 2 is 2.00 bits per heavy atom. The number of hydrogen-bond acceptors (Lipinski definition) is 4. The minimum Gasteiger partial charge on any atom is -0.362 e. The molecule has 0 amide bonds. The molecule has 6 nitrogen and oxygen atoms in total. The summed E-state index contributed by atoms with van der Waals surface area (Å²) in [6, 6.07) is 0.169. The van der Waals surface area contributed by atoms with Gasteiger partial charge in [0.1, 0.15) is 0 Å². The zero-order chi connectivity index (χ0) is 12.3. The third kappa shape index (κ3) is 2.50. The number of nitrogens with one attached hydrogen (secondary N) is 1. The van der Waals surface area contributed by atoms with Crippen LogP contribution in [0.25, 0.3) is 0 Å². The van der Waals surface area contributed by atoms with Crippen molar-refractivity contribution in [3.63, 3.8) is 0 Å². The van der Waals surface area contributed by atoms with Gasteiger partial charge in [0.2, 0.25) is 5.82 Å². The van der Waals surface area contributed by atoms with Crippen molar-refractivity contribution in [1.82, 2.24) is 14.3 Å². The fourth-order valence-electron chi connectivity index (χ4n) is 1.53. The van der Waals surface area contributed by atoms with Crippen molar-refractivity contribution in [3.05, 3.63) is 20.8 Å². The van der Waals surface area contributed by atoms with Crippen LogP contribution in [-0.2, 0) is 14.1 Å². The second-order valence-corrected chi connectivity index (χ2v) is 3.95. The maximum absolute atomic E-state index is 11.7. The number of aryl methyl sites for hydroxylation is 1. The normalized spacial score (nSPS) is 12.5.